The zero-order valence-corrected chi connectivity index (χ0v) is 12.6. The molecule has 2 aliphatic heterocycles. The van der Waals surface area contributed by atoms with Gasteiger partial charge in [-0.3, -0.25) is 14.6 Å². The molecular formula is C17H17N3O3. The Bertz CT molecular complexity index is 714. The normalized spacial score (nSPS) is 23.4. The van der Waals surface area contributed by atoms with Crippen molar-refractivity contribution >= 4 is 11.8 Å². The molecular weight excluding hydrogens is 294 g/mol. The minimum Gasteiger partial charge on any atom is -0.459 e. The predicted octanol–water partition coefficient (Wildman–Crippen LogP) is 1.69. The van der Waals surface area contributed by atoms with Gasteiger partial charge in [0.1, 0.15) is 0 Å². The van der Waals surface area contributed by atoms with E-state index in [0.717, 1.165) is 12.0 Å². The number of aromatic nitrogens is 1. The average molecular weight is 311 g/mol. The van der Waals surface area contributed by atoms with Crippen molar-refractivity contribution in [3.8, 4) is 0 Å². The number of nitrogens with zero attached hydrogens (tertiary/aromatic N) is 3. The SMILES string of the molecule is O=C(c1ccco1)N1CC[C@H]2[C@H]1CC(=O)N2Cc1ccncc1. The van der Waals surface area contributed by atoms with Crippen LogP contribution in [0.4, 0.5) is 0 Å². The lowest BCUT2D eigenvalue weighted by Crippen LogP contribution is -2.39. The number of likely N-dealkylation sites (tertiary alicyclic amines) is 2. The molecule has 2 aliphatic rings. The molecule has 0 unspecified atom stereocenters. The summed E-state index contributed by atoms with van der Waals surface area (Å²) >= 11 is 0. The number of carbonyl (C=O) groups excluding carboxylic acids is 2. The molecule has 0 spiro atoms. The molecule has 2 aromatic rings. The van der Waals surface area contributed by atoms with E-state index in [4.69, 9.17) is 4.42 Å². The first-order chi connectivity index (χ1) is 11.2. The predicted molar refractivity (Wildman–Crippen MR) is 81.3 cm³/mol. The number of hydrogen-bond acceptors (Lipinski definition) is 4. The monoisotopic (exact) mass is 311 g/mol. The average Bonchev–Trinajstić information content (AvgIpc) is 3.27. The molecule has 0 saturated carbocycles. The molecule has 2 aromatic heterocycles. The highest BCUT2D eigenvalue weighted by Crippen LogP contribution is 2.34. The maximum absolute atomic E-state index is 12.5. The van der Waals surface area contributed by atoms with Crippen LogP contribution in [0.1, 0.15) is 29.0 Å². The Hall–Kier alpha value is -2.63. The van der Waals surface area contributed by atoms with Gasteiger partial charge in [-0.2, -0.15) is 0 Å². The van der Waals surface area contributed by atoms with Crippen LogP contribution in [0.2, 0.25) is 0 Å². The number of amides is 2. The number of furan rings is 1. The molecule has 0 aliphatic carbocycles. The molecule has 6 heteroatoms. The van der Waals surface area contributed by atoms with Crippen molar-refractivity contribution in [3.63, 3.8) is 0 Å². The lowest BCUT2D eigenvalue weighted by atomic mass is 10.1. The van der Waals surface area contributed by atoms with E-state index >= 15 is 0 Å². The topological polar surface area (TPSA) is 66.7 Å². The van der Waals surface area contributed by atoms with Gasteiger partial charge < -0.3 is 14.2 Å². The summed E-state index contributed by atoms with van der Waals surface area (Å²) < 4.78 is 5.21. The van der Waals surface area contributed by atoms with Crippen molar-refractivity contribution in [2.75, 3.05) is 6.54 Å². The second kappa shape index (κ2) is 5.53. The van der Waals surface area contributed by atoms with Crippen molar-refractivity contribution in [1.29, 1.82) is 0 Å². The molecule has 0 N–H and O–H groups in total. The first kappa shape index (κ1) is 14.0. The number of fused-ring (bicyclic) bond motifs is 1. The molecule has 118 valence electrons. The molecule has 0 radical (unpaired) electrons. The second-order valence-electron chi connectivity index (χ2n) is 5.98. The Morgan fingerprint density at radius 3 is 2.83 bits per heavy atom. The van der Waals surface area contributed by atoms with Crippen molar-refractivity contribution in [3.05, 3.63) is 54.2 Å². The summed E-state index contributed by atoms with van der Waals surface area (Å²) in [6.07, 6.45) is 6.16. The van der Waals surface area contributed by atoms with Gasteiger partial charge >= 0.3 is 0 Å². The highest BCUT2D eigenvalue weighted by atomic mass is 16.3. The smallest absolute Gasteiger partial charge is 0.289 e. The zero-order valence-electron chi connectivity index (χ0n) is 12.6. The molecule has 0 aromatic carbocycles. The lowest BCUT2D eigenvalue weighted by molar-refractivity contribution is -0.129. The van der Waals surface area contributed by atoms with E-state index in [1.54, 1.807) is 29.4 Å². The summed E-state index contributed by atoms with van der Waals surface area (Å²) in [6.45, 7) is 1.24. The van der Waals surface area contributed by atoms with Crippen LogP contribution >= 0.6 is 0 Å². The Labute approximate surface area is 133 Å². The fourth-order valence-electron chi connectivity index (χ4n) is 3.61. The summed E-state index contributed by atoms with van der Waals surface area (Å²) in [4.78, 5) is 32.6. The van der Waals surface area contributed by atoms with Crippen LogP contribution in [0.5, 0.6) is 0 Å². The van der Waals surface area contributed by atoms with Gasteiger partial charge in [0, 0.05) is 31.9 Å². The number of carbonyl (C=O) groups is 2. The summed E-state index contributed by atoms with van der Waals surface area (Å²) in [5.74, 6) is 0.320. The van der Waals surface area contributed by atoms with Crippen LogP contribution < -0.4 is 0 Å². The molecule has 4 heterocycles. The van der Waals surface area contributed by atoms with Crippen LogP contribution in [-0.4, -0.2) is 45.2 Å². The third kappa shape index (κ3) is 2.40. The molecule has 4 rings (SSSR count). The highest BCUT2D eigenvalue weighted by Gasteiger charge is 2.48. The van der Waals surface area contributed by atoms with Gasteiger partial charge in [-0.1, -0.05) is 0 Å². The summed E-state index contributed by atoms with van der Waals surface area (Å²) in [5, 5.41) is 0. The van der Waals surface area contributed by atoms with Crippen LogP contribution in [0.25, 0.3) is 0 Å². The maximum atomic E-state index is 12.5. The Morgan fingerprint density at radius 1 is 1.26 bits per heavy atom. The Kier molecular flexibility index (Phi) is 3.37. The van der Waals surface area contributed by atoms with Crippen molar-refractivity contribution in [1.82, 2.24) is 14.8 Å². The zero-order chi connectivity index (χ0) is 15.8. The molecule has 2 atom stereocenters. The maximum Gasteiger partial charge on any atom is 0.289 e. The van der Waals surface area contributed by atoms with Crippen LogP contribution in [-0.2, 0) is 11.3 Å². The lowest BCUT2D eigenvalue weighted by Gasteiger charge is -2.25. The minimum atomic E-state index is -0.124. The first-order valence-corrected chi connectivity index (χ1v) is 7.77. The summed E-state index contributed by atoms with van der Waals surface area (Å²) in [6, 6.07) is 7.25. The van der Waals surface area contributed by atoms with E-state index in [1.165, 1.54) is 6.26 Å². The second-order valence-corrected chi connectivity index (χ2v) is 5.98. The van der Waals surface area contributed by atoms with E-state index in [1.807, 2.05) is 17.0 Å². The number of hydrogen-bond donors (Lipinski definition) is 0. The Balaban J connectivity index is 1.52. The number of rotatable bonds is 3. The van der Waals surface area contributed by atoms with E-state index in [-0.39, 0.29) is 23.9 Å². The van der Waals surface area contributed by atoms with Gasteiger partial charge in [-0.05, 0) is 36.2 Å². The summed E-state index contributed by atoms with van der Waals surface area (Å²) in [7, 11) is 0. The van der Waals surface area contributed by atoms with E-state index in [9.17, 15) is 9.59 Å². The minimum absolute atomic E-state index is 0.0538. The molecule has 2 saturated heterocycles. The molecule has 0 bridgehead atoms. The third-order valence-corrected chi connectivity index (χ3v) is 4.71. The quantitative estimate of drug-likeness (QED) is 0.865. The fourth-order valence-corrected chi connectivity index (χ4v) is 3.61. The largest absolute Gasteiger partial charge is 0.459 e. The molecule has 6 nitrogen and oxygen atoms in total. The standard InChI is InChI=1S/C17H17N3O3/c21-16-10-14-13(20(16)11-12-3-6-18-7-4-12)5-8-19(14)17(22)15-2-1-9-23-15/h1-4,6-7,9,13-14H,5,8,10-11H2/t13-,14+/m0/s1. The van der Waals surface area contributed by atoms with Gasteiger partial charge in [0.2, 0.25) is 5.91 Å². The fraction of sp³-hybridized carbons (Fsp3) is 0.353. The van der Waals surface area contributed by atoms with Crippen molar-refractivity contribution < 1.29 is 14.0 Å². The third-order valence-electron chi connectivity index (χ3n) is 4.71. The van der Waals surface area contributed by atoms with Gasteiger partial charge in [0.15, 0.2) is 5.76 Å². The van der Waals surface area contributed by atoms with Gasteiger partial charge in [0.25, 0.3) is 5.91 Å². The first-order valence-electron chi connectivity index (χ1n) is 7.77. The van der Waals surface area contributed by atoms with Crippen molar-refractivity contribution in [2.45, 2.75) is 31.5 Å². The van der Waals surface area contributed by atoms with Crippen LogP contribution in [0.3, 0.4) is 0 Å². The summed E-state index contributed by atoms with van der Waals surface area (Å²) in [5.41, 5.74) is 1.06. The van der Waals surface area contributed by atoms with Crippen LogP contribution in [0, 0.1) is 0 Å². The Morgan fingerprint density at radius 2 is 2.09 bits per heavy atom. The van der Waals surface area contributed by atoms with E-state index < -0.39 is 0 Å². The van der Waals surface area contributed by atoms with Gasteiger partial charge in [0.05, 0.1) is 18.3 Å². The highest BCUT2D eigenvalue weighted by molar-refractivity contribution is 5.93. The molecule has 2 fully saturated rings. The van der Waals surface area contributed by atoms with Crippen LogP contribution in [0.15, 0.2) is 47.3 Å². The van der Waals surface area contributed by atoms with E-state index in [0.29, 0.717) is 25.3 Å². The van der Waals surface area contributed by atoms with E-state index in [2.05, 4.69) is 4.98 Å². The van der Waals surface area contributed by atoms with Gasteiger partial charge in [-0.25, -0.2) is 0 Å². The van der Waals surface area contributed by atoms with Crippen molar-refractivity contribution in [2.24, 2.45) is 0 Å². The van der Waals surface area contributed by atoms with Gasteiger partial charge in [-0.15, -0.1) is 0 Å². The molecule has 2 amide bonds. The molecule has 23 heavy (non-hydrogen) atoms. The number of pyridine rings is 1.